The summed E-state index contributed by atoms with van der Waals surface area (Å²) in [5.41, 5.74) is 0.993. The topological polar surface area (TPSA) is 39.2 Å². The van der Waals surface area contributed by atoms with Crippen molar-refractivity contribution in [1.29, 1.82) is 0 Å². The number of ether oxygens (including phenoxy) is 1. The molecule has 0 bridgehead atoms. The highest BCUT2D eigenvalue weighted by Crippen LogP contribution is 2.16. The first-order valence-electron chi connectivity index (χ1n) is 5.86. The normalized spacial score (nSPS) is 20.6. The number of hydrogen-bond donors (Lipinski definition) is 0. The Morgan fingerprint density at radius 2 is 2.44 bits per heavy atom. The molecular formula is C13H17NO2. The van der Waals surface area contributed by atoms with E-state index >= 15 is 0 Å². The van der Waals surface area contributed by atoms with Crippen LogP contribution in [0.3, 0.4) is 0 Å². The first-order valence-corrected chi connectivity index (χ1v) is 5.86. The maximum Gasteiger partial charge on any atom is 0.138 e. The van der Waals surface area contributed by atoms with E-state index in [2.05, 4.69) is 4.98 Å². The quantitative estimate of drug-likeness (QED) is 0.777. The average Bonchev–Trinajstić information content (AvgIpc) is 2.38. The molecule has 3 nitrogen and oxygen atoms in total. The van der Waals surface area contributed by atoms with Gasteiger partial charge in [-0.25, -0.2) is 0 Å². The van der Waals surface area contributed by atoms with Gasteiger partial charge in [0.05, 0.1) is 6.61 Å². The number of nitrogens with zero attached hydrogens (tertiary/aromatic N) is 1. The highest BCUT2D eigenvalue weighted by atomic mass is 16.5. The van der Waals surface area contributed by atoms with Crippen molar-refractivity contribution in [2.24, 2.45) is 5.92 Å². The molecule has 3 heteroatoms. The summed E-state index contributed by atoms with van der Waals surface area (Å²) in [6.45, 7) is 1.42. The molecule has 1 aliphatic rings. The molecule has 1 atom stereocenters. The van der Waals surface area contributed by atoms with Gasteiger partial charge in [-0.1, -0.05) is 6.07 Å². The van der Waals surface area contributed by atoms with E-state index < -0.39 is 0 Å². The molecule has 0 N–H and O–H groups in total. The molecule has 1 aromatic rings. The molecule has 1 fully saturated rings. The van der Waals surface area contributed by atoms with Crippen molar-refractivity contribution >= 4 is 5.78 Å². The molecule has 0 radical (unpaired) electrons. The zero-order valence-corrected chi connectivity index (χ0v) is 9.39. The molecule has 1 unspecified atom stereocenters. The van der Waals surface area contributed by atoms with Crippen molar-refractivity contribution in [3.8, 4) is 0 Å². The van der Waals surface area contributed by atoms with Gasteiger partial charge in [0.25, 0.3) is 0 Å². The number of hydrogen-bond acceptors (Lipinski definition) is 3. The summed E-state index contributed by atoms with van der Waals surface area (Å²) >= 11 is 0. The molecule has 0 spiro atoms. The van der Waals surface area contributed by atoms with Crippen molar-refractivity contribution < 1.29 is 9.53 Å². The average molecular weight is 219 g/mol. The molecule has 86 valence electrons. The number of aromatic nitrogens is 1. The summed E-state index contributed by atoms with van der Waals surface area (Å²) in [7, 11) is 0. The molecular weight excluding hydrogens is 202 g/mol. The highest BCUT2D eigenvalue weighted by molar-refractivity contribution is 5.81. The van der Waals surface area contributed by atoms with Crippen LogP contribution in [0.25, 0.3) is 0 Å². The predicted octanol–water partition coefficient (Wildman–Crippen LogP) is 2.01. The van der Waals surface area contributed by atoms with Gasteiger partial charge in [0.2, 0.25) is 0 Å². The second kappa shape index (κ2) is 5.75. The molecule has 0 saturated carbocycles. The Hall–Kier alpha value is -1.22. The van der Waals surface area contributed by atoms with Crippen LogP contribution < -0.4 is 0 Å². The second-order valence-corrected chi connectivity index (χ2v) is 4.20. The van der Waals surface area contributed by atoms with Crippen LogP contribution in [-0.2, 0) is 16.0 Å². The van der Waals surface area contributed by atoms with Gasteiger partial charge in [-0.3, -0.25) is 9.78 Å². The Balaban J connectivity index is 1.79. The van der Waals surface area contributed by atoms with Crippen molar-refractivity contribution in [1.82, 2.24) is 4.98 Å². The minimum Gasteiger partial charge on any atom is -0.381 e. The number of rotatable bonds is 4. The lowest BCUT2D eigenvalue weighted by Crippen LogP contribution is -2.25. The fourth-order valence-corrected chi connectivity index (χ4v) is 2.00. The standard InChI is InChI=1S/C13H17NO2/c15-13(11-4-3-9-16-10-11)7-6-12-5-1-2-8-14-12/h1-2,5,8,11H,3-4,6-7,9-10H2. The van der Waals surface area contributed by atoms with E-state index in [1.807, 2.05) is 18.2 Å². The molecule has 2 rings (SSSR count). The van der Waals surface area contributed by atoms with Crippen LogP contribution in [0.15, 0.2) is 24.4 Å². The maximum atomic E-state index is 11.9. The Kier molecular flexibility index (Phi) is 4.05. The minimum absolute atomic E-state index is 0.123. The van der Waals surface area contributed by atoms with Crippen LogP contribution in [-0.4, -0.2) is 24.0 Å². The summed E-state index contributed by atoms with van der Waals surface area (Å²) in [6, 6.07) is 5.81. The third kappa shape index (κ3) is 3.14. The molecule has 1 aromatic heterocycles. The molecule has 0 amide bonds. The number of aryl methyl sites for hydroxylation is 1. The lowest BCUT2D eigenvalue weighted by molar-refractivity contribution is -0.126. The molecule has 16 heavy (non-hydrogen) atoms. The fourth-order valence-electron chi connectivity index (χ4n) is 2.00. The first-order chi connectivity index (χ1) is 7.86. The van der Waals surface area contributed by atoms with E-state index in [0.717, 1.165) is 31.6 Å². The van der Waals surface area contributed by atoms with Gasteiger partial charge in [-0.2, -0.15) is 0 Å². The Morgan fingerprint density at radius 1 is 1.50 bits per heavy atom. The van der Waals surface area contributed by atoms with Gasteiger partial charge >= 0.3 is 0 Å². The number of pyridine rings is 1. The zero-order valence-electron chi connectivity index (χ0n) is 9.39. The molecule has 1 aliphatic heterocycles. The summed E-state index contributed by atoms with van der Waals surface area (Å²) < 4.78 is 5.32. The Morgan fingerprint density at radius 3 is 3.12 bits per heavy atom. The largest absolute Gasteiger partial charge is 0.381 e. The van der Waals surface area contributed by atoms with Gasteiger partial charge in [-0.05, 0) is 31.4 Å². The van der Waals surface area contributed by atoms with Gasteiger partial charge in [-0.15, -0.1) is 0 Å². The smallest absolute Gasteiger partial charge is 0.138 e. The number of ketones is 1. The summed E-state index contributed by atoms with van der Waals surface area (Å²) in [6.07, 6.45) is 5.10. The van der Waals surface area contributed by atoms with E-state index in [-0.39, 0.29) is 5.92 Å². The van der Waals surface area contributed by atoms with Gasteiger partial charge in [0.15, 0.2) is 0 Å². The predicted molar refractivity (Wildman–Crippen MR) is 61.1 cm³/mol. The first kappa shape index (κ1) is 11.3. The van der Waals surface area contributed by atoms with Crippen LogP contribution in [0.1, 0.15) is 25.0 Å². The van der Waals surface area contributed by atoms with Gasteiger partial charge in [0.1, 0.15) is 5.78 Å². The van der Waals surface area contributed by atoms with E-state index in [0.29, 0.717) is 18.8 Å². The summed E-state index contributed by atoms with van der Waals surface area (Å²) in [5, 5.41) is 0. The van der Waals surface area contributed by atoms with Crippen LogP contribution >= 0.6 is 0 Å². The zero-order chi connectivity index (χ0) is 11.2. The lowest BCUT2D eigenvalue weighted by Gasteiger charge is -2.20. The fraction of sp³-hybridized carbons (Fsp3) is 0.538. The van der Waals surface area contributed by atoms with Crippen molar-refractivity contribution in [2.75, 3.05) is 13.2 Å². The molecule has 1 saturated heterocycles. The Bertz CT molecular complexity index is 331. The van der Waals surface area contributed by atoms with Crippen molar-refractivity contribution in [3.63, 3.8) is 0 Å². The van der Waals surface area contributed by atoms with E-state index in [9.17, 15) is 4.79 Å². The summed E-state index contributed by atoms with van der Waals surface area (Å²) in [4.78, 5) is 16.1. The molecule has 0 aromatic carbocycles. The second-order valence-electron chi connectivity index (χ2n) is 4.20. The minimum atomic E-state index is 0.123. The third-order valence-electron chi connectivity index (χ3n) is 2.97. The van der Waals surface area contributed by atoms with Crippen LogP contribution in [0, 0.1) is 5.92 Å². The Labute approximate surface area is 95.8 Å². The molecule has 2 heterocycles. The lowest BCUT2D eigenvalue weighted by atomic mass is 9.94. The number of Topliss-reactive ketones (excluding diaryl/α,β-unsaturated/α-hetero) is 1. The van der Waals surface area contributed by atoms with Crippen LogP contribution in [0.4, 0.5) is 0 Å². The number of carbonyl (C=O) groups is 1. The van der Waals surface area contributed by atoms with E-state index in [4.69, 9.17) is 4.74 Å². The third-order valence-corrected chi connectivity index (χ3v) is 2.97. The number of carbonyl (C=O) groups excluding carboxylic acids is 1. The van der Waals surface area contributed by atoms with Crippen molar-refractivity contribution in [2.45, 2.75) is 25.7 Å². The maximum absolute atomic E-state index is 11.9. The molecule has 0 aliphatic carbocycles. The van der Waals surface area contributed by atoms with Crippen LogP contribution in [0.2, 0.25) is 0 Å². The summed E-state index contributed by atoms with van der Waals surface area (Å²) in [5.74, 6) is 0.447. The van der Waals surface area contributed by atoms with Gasteiger partial charge < -0.3 is 4.74 Å². The SMILES string of the molecule is O=C(CCc1ccccn1)C1CCCOC1. The van der Waals surface area contributed by atoms with Gasteiger partial charge in [0, 0.05) is 30.8 Å². The van der Waals surface area contributed by atoms with E-state index in [1.165, 1.54) is 0 Å². The van der Waals surface area contributed by atoms with Crippen molar-refractivity contribution in [3.05, 3.63) is 30.1 Å². The van der Waals surface area contributed by atoms with Crippen LogP contribution in [0.5, 0.6) is 0 Å². The van der Waals surface area contributed by atoms with E-state index in [1.54, 1.807) is 6.20 Å². The highest BCUT2D eigenvalue weighted by Gasteiger charge is 2.21. The monoisotopic (exact) mass is 219 g/mol.